The summed E-state index contributed by atoms with van der Waals surface area (Å²) in [5.41, 5.74) is 7.85. The molecule has 96 valence electrons. The largest absolute Gasteiger partial charge is 0.480 e. The molecule has 0 amide bonds. The monoisotopic (exact) mass is 273 g/mol. The van der Waals surface area contributed by atoms with Crippen LogP contribution in [0.4, 0.5) is 5.69 Å². The van der Waals surface area contributed by atoms with Crippen LogP contribution < -0.4 is 5.73 Å². The second kappa shape index (κ2) is 4.40. The van der Waals surface area contributed by atoms with E-state index in [1.165, 1.54) is 11.3 Å². The first-order valence-corrected chi connectivity index (χ1v) is 6.54. The van der Waals surface area contributed by atoms with Crippen molar-refractivity contribution in [3.63, 3.8) is 0 Å². The van der Waals surface area contributed by atoms with Gasteiger partial charge in [0.25, 0.3) is 0 Å². The van der Waals surface area contributed by atoms with E-state index in [1.54, 1.807) is 22.8 Å². The third-order valence-corrected chi connectivity index (χ3v) is 3.67. The van der Waals surface area contributed by atoms with Gasteiger partial charge in [0.15, 0.2) is 5.82 Å². The van der Waals surface area contributed by atoms with Crippen LogP contribution >= 0.6 is 11.3 Å². The predicted molar refractivity (Wildman–Crippen MR) is 75.1 cm³/mol. The van der Waals surface area contributed by atoms with Gasteiger partial charge in [0.05, 0.1) is 15.9 Å². The number of hydrogen-bond acceptors (Lipinski definition) is 4. The van der Waals surface area contributed by atoms with Crippen LogP contribution in [0.3, 0.4) is 0 Å². The van der Waals surface area contributed by atoms with E-state index in [0.717, 1.165) is 10.4 Å². The first-order valence-electron chi connectivity index (χ1n) is 5.66. The smallest absolute Gasteiger partial charge is 0.323 e. The summed E-state index contributed by atoms with van der Waals surface area (Å²) in [5, 5.41) is 11.0. The van der Waals surface area contributed by atoms with Gasteiger partial charge in [-0.25, -0.2) is 4.98 Å². The highest BCUT2D eigenvalue weighted by Gasteiger charge is 2.15. The van der Waals surface area contributed by atoms with Gasteiger partial charge in [0.2, 0.25) is 0 Å². The SMILES string of the molecule is Nc1ccc2c(c1)nc(-c1cccs1)n2CC(=O)O. The number of fused-ring (bicyclic) bond motifs is 1. The maximum absolute atomic E-state index is 11.0. The van der Waals surface area contributed by atoms with Crippen molar-refractivity contribution in [2.75, 3.05) is 5.73 Å². The molecule has 0 atom stereocenters. The maximum Gasteiger partial charge on any atom is 0.323 e. The maximum atomic E-state index is 11.0. The summed E-state index contributed by atoms with van der Waals surface area (Å²) in [6, 6.07) is 9.15. The fraction of sp³-hybridized carbons (Fsp3) is 0.0769. The summed E-state index contributed by atoms with van der Waals surface area (Å²) in [4.78, 5) is 16.5. The molecule has 0 aliphatic rings. The number of benzene rings is 1. The number of aromatic nitrogens is 2. The molecule has 0 radical (unpaired) electrons. The van der Waals surface area contributed by atoms with Crippen molar-refractivity contribution in [3.8, 4) is 10.7 Å². The molecular weight excluding hydrogens is 262 g/mol. The number of carboxylic acids is 1. The Labute approximate surface area is 112 Å². The highest BCUT2D eigenvalue weighted by Crippen LogP contribution is 2.28. The molecule has 0 aliphatic heterocycles. The number of aliphatic carboxylic acids is 1. The Bertz CT molecular complexity index is 747. The number of nitrogens with zero attached hydrogens (tertiary/aromatic N) is 2. The normalized spacial score (nSPS) is 10.9. The molecule has 0 unspecified atom stereocenters. The minimum Gasteiger partial charge on any atom is -0.480 e. The molecule has 0 spiro atoms. The standard InChI is InChI=1S/C13H11N3O2S/c14-8-3-4-10-9(6-8)15-13(11-2-1-5-19-11)16(10)7-12(17)18/h1-6H,7,14H2,(H,17,18). The quantitative estimate of drug-likeness (QED) is 0.718. The lowest BCUT2D eigenvalue weighted by molar-refractivity contribution is -0.137. The minimum absolute atomic E-state index is 0.117. The molecule has 2 heterocycles. The predicted octanol–water partition coefficient (Wildman–Crippen LogP) is 2.43. The lowest BCUT2D eigenvalue weighted by Gasteiger charge is -2.04. The molecule has 0 saturated carbocycles. The number of nitrogen functional groups attached to an aromatic ring is 1. The van der Waals surface area contributed by atoms with Crippen LogP contribution in [0.25, 0.3) is 21.7 Å². The van der Waals surface area contributed by atoms with Crippen molar-refractivity contribution < 1.29 is 9.90 Å². The Balaban J connectivity index is 2.27. The van der Waals surface area contributed by atoms with Crippen molar-refractivity contribution in [3.05, 3.63) is 35.7 Å². The Hall–Kier alpha value is -2.34. The van der Waals surface area contributed by atoms with Crippen molar-refractivity contribution in [1.82, 2.24) is 9.55 Å². The minimum atomic E-state index is -0.895. The van der Waals surface area contributed by atoms with Gasteiger partial charge in [-0.05, 0) is 29.6 Å². The Kier molecular flexibility index (Phi) is 2.72. The van der Waals surface area contributed by atoms with E-state index in [1.807, 2.05) is 17.5 Å². The number of hydrogen-bond donors (Lipinski definition) is 2. The third kappa shape index (κ3) is 2.06. The van der Waals surface area contributed by atoms with Gasteiger partial charge in [0, 0.05) is 5.69 Å². The number of carboxylic acid groups (broad SMARTS) is 1. The molecule has 6 heteroatoms. The van der Waals surface area contributed by atoms with Gasteiger partial charge in [-0.3, -0.25) is 4.79 Å². The molecule has 0 aliphatic carbocycles. The van der Waals surface area contributed by atoms with Gasteiger partial charge < -0.3 is 15.4 Å². The van der Waals surface area contributed by atoms with Crippen LogP contribution in [0, 0.1) is 0 Å². The van der Waals surface area contributed by atoms with E-state index >= 15 is 0 Å². The van der Waals surface area contributed by atoms with E-state index in [2.05, 4.69) is 4.98 Å². The average Bonchev–Trinajstić information content (AvgIpc) is 2.96. The van der Waals surface area contributed by atoms with Gasteiger partial charge >= 0.3 is 5.97 Å². The van der Waals surface area contributed by atoms with Gasteiger partial charge in [-0.1, -0.05) is 6.07 Å². The first kappa shape index (κ1) is 11.7. The summed E-state index contributed by atoms with van der Waals surface area (Å²) in [6.45, 7) is -0.117. The van der Waals surface area contributed by atoms with Crippen LogP contribution in [0.15, 0.2) is 35.7 Å². The second-order valence-electron chi connectivity index (χ2n) is 4.14. The van der Waals surface area contributed by atoms with Gasteiger partial charge in [-0.15, -0.1) is 11.3 Å². The molecule has 3 N–H and O–H groups in total. The third-order valence-electron chi connectivity index (χ3n) is 2.81. The summed E-state index contributed by atoms with van der Waals surface area (Å²) in [7, 11) is 0. The highest BCUT2D eigenvalue weighted by molar-refractivity contribution is 7.13. The molecule has 3 rings (SSSR count). The number of anilines is 1. The Morgan fingerprint density at radius 1 is 1.42 bits per heavy atom. The van der Waals surface area contributed by atoms with E-state index in [4.69, 9.17) is 10.8 Å². The van der Waals surface area contributed by atoms with Crippen LogP contribution in [0.5, 0.6) is 0 Å². The lowest BCUT2D eigenvalue weighted by atomic mass is 10.3. The Morgan fingerprint density at radius 3 is 2.95 bits per heavy atom. The summed E-state index contributed by atoms with van der Waals surface area (Å²) in [6.07, 6.45) is 0. The molecule has 1 aromatic carbocycles. The molecule has 19 heavy (non-hydrogen) atoms. The highest BCUT2D eigenvalue weighted by atomic mass is 32.1. The number of nitrogens with two attached hydrogens (primary N) is 1. The fourth-order valence-electron chi connectivity index (χ4n) is 2.04. The van der Waals surface area contributed by atoms with Gasteiger partial charge in [-0.2, -0.15) is 0 Å². The molecule has 0 bridgehead atoms. The van der Waals surface area contributed by atoms with E-state index in [9.17, 15) is 4.79 Å². The summed E-state index contributed by atoms with van der Waals surface area (Å²) >= 11 is 1.53. The zero-order valence-corrected chi connectivity index (χ0v) is 10.7. The number of carbonyl (C=O) groups is 1. The summed E-state index contributed by atoms with van der Waals surface area (Å²) in [5.74, 6) is -0.230. The van der Waals surface area contributed by atoms with Crippen molar-refractivity contribution in [2.45, 2.75) is 6.54 Å². The van der Waals surface area contributed by atoms with Crippen LogP contribution in [0.1, 0.15) is 0 Å². The molecule has 0 saturated heterocycles. The summed E-state index contributed by atoms with van der Waals surface area (Å²) < 4.78 is 1.70. The average molecular weight is 273 g/mol. The van der Waals surface area contributed by atoms with Crippen molar-refractivity contribution in [2.24, 2.45) is 0 Å². The molecule has 2 aromatic heterocycles. The fourth-order valence-corrected chi connectivity index (χ4v) is 2.76. The van der Waals surface area contributed by atoms with Crippen molar-refractivity contribution >= 4 is 34.0 Å². The van der Waals surface area contributed by atoms with E-state index < -0.39 is 5.97 Å². The van der Waals surface area contributed by atoms with E-state index in [-0.39, 0.29) is 6.54 Å². The van der Waals surface area contributed by atoms with E-state index in [0.29, 0.717) is 17.0 Å². The van der Waals surface area contributed by atoms with Crippen LogP contribution in [0.2, 0.25) is 0 Å². The lowest BCUT2D eigenvalue weighted by Crippen LogP contribution is -2.09. The second-order valence-corrected chi connectivity index (χ2v) is 5.09. The number of rotatable bonds is 3. The van der Waals surface area contributed by atoms with Crippen LogP contribution in [-0.2, 0) is 11.3 Å². The van der Waals surface area contributed by atoms with Crippen molar-refractivity contribution in [1.29, 1.82) is 0 Å². The molecule has 3 aromatic rings. The molecule has 0 fully saturated rings. The number of thiophene rings is 1. The van der Waals surface area contributed by atoms with Gasteiger partial charge in [0.1, 0.15) is 6.54 Å². The molecule has 5 nitrogen and oxygen atoms in total. The zero-order valence-electron chi connectivity index (χ0n) is 9.91. The topological polar surface area (TPSA) is 81.1 Å². The molecular formula is C13H11N3O2S. The first-order chi connectivity index (χ1) is 9.15. The zero-order chi connectivity index (χ0) is 13.4. The number of imidazole rings is 1. The Morgan fingerprint density at radius 2 is 2.26 bits per heavy atom. The van der Waals surface area contributed by atoms with Crippen LogP contribution in [-0.4, -0.2) is 20.6 Å².